The lowest BCUT2D eigenvalue weighted by Crippen LogP contribution is -2.43. The Hall–Kier alpha value is -3.47. The third kappa shape index (κ3) is 4.98. The summed E-state index contributed by atoms with van der Waals surface area (Å²) in [5.41, 5.74) is 0.0455. The van der Waals surface area contributed by atoms with Crippen molar-refractivity contribution in [2.75, 3.05) is 19.0 Å². The van der Waals surface area contributed by atoms with Crippen LogP contribution >= 0.6 is 11.3 Å². The van der Waals surface area contributed by atoms with Gasteiger partial charge in [-0.1, -0.05) is 23.5 Å². The van der Waals surface area contributed by atoms with Crippen LogP contribution in [0.1, 0.15) is 28.8 Å². The molecule has 7 nitrogen and oxygen atoms in total. The zero-order chi connectivity index (χ0) is 23.6. The van der Waals surface area contributed by atoms with Crippen LogP contribution in [-0.4, -0.2) is 46.6 Å². The number of nitrogens with zero attached hydrogens (tertiary/aromatic N) is 3. The van der Waals surface area contributed by atoms with Gasteiger partial charge in [0.1, 0.15) is 16.8 Å². The van der Waals surface area contributed by atoms with Gasteiger partial charge in [-0.25, -0.2) is 0 Å². The lowest BCUT2D eigenvalue weighted by Gasteiger charge is -2.23. The Morgan fingerprint density at radius 2 is 1.91 bits per heavy atom. The molecule has 0 aliphatic carbocycles. The van der Waals surface area contributed by atoms with E-state index in [1.807, 2.05) is 12.1 Å². The highest BCUT2D eigenvalue weighted by Crippen LogP contribution is 2.31. The van der Waals surface area contributed by atoms with Crippen molar-refractivity contribution >= 4 is 28.3 Å². The van der Waals surface area contributed by atoms with Gasteiger partial charge in [-0.3, -0.25) is 14.9 Å². The summed E-state index contributed by atoms with van der Waals surface area (Å²) in [5.74, 6) is -0.242. The van der Waals surface area contributed by atoms with Gasteiger partial charge >= 0.3 is 6.18 Å². The number of halogens is 3. The Kier molecular flexibility index (Phi) is 6.32. The molecule has 1 aliphatic heterocycles. The van der Waals surface area contributed by atoms with Crippen molar-refractivity contribution in [1.82, 2.24) is 15.1 Å². The predicted molar refractivity (Wildman–Crippen MR) is 116 cm³/mol. The van der Waals surface area contributed by atoms with Gasteiger partial charge in [-0.2, -0.15) is 13.2 Å². The number of alkyl halides is 3. The number of benzene rings is 2. The van der Waals surface area contributed by atoms with Crippen molar-refractivity contribution < 1.29 is 27.5 Å². The number of amides is 2. The first-order chi connectivity index (χ1) is 15.8. The summed E-state index contributed by atoms with van der Waals surface area (Å²) in [6.45, 7) is 0.336. The summed E-state index contributed by atoms with van der Waals surface area (Å²) < 4.78 is 43.5. The molecule has 0 bridgehead atoms. The van der Waals surface area contributed by atoms with Crippen LogP contribution in [0.3, 0.4) is 0 Å². The maximum absolute atomic E-state index is 12.9. The lowest BCUT2D eigenvalue weighted by molar-refractivity contribution is -0.137. The molecular weight excluding hydrogens is 457 g/mol. The van der Waals surface area contributed by atoms with Crippen LogP contribution in [0.4, 0.5) is 18.3 Å². The van der Waals surface area contributed by atoms with E-state index in [2.05, 4.69) is 15.5 Å². The average Bonchev–Trinajstić information content (AvgIpc) is 3.48. The molecule has 1 saturated heterocycles. The van der Waals surface area contributed by atoms with Crippen LogP contribution in [0.2, 0.25) is 0 Å². The van der Waals surface area contributed by atoms with E-state index in [0.29, 0.717) is 30.1 Å². The molecule has 0 spiro atoms. The SMILES string of the molecule is COc1cccc(-c2nnc(NC(=O)C3CCCN3C(=O)c3ccc(C(F)(F)F)cc3)s2)c1. The van der Waals surface area contributed by atoms with Crippen molar-refractivity contribution in [3.8, 4) is 16.3 Å². The summed E-state index contributed by atoms with van der Waals surface area (Å²) in [5, 5.41) is 11.7. The van der Waals surface area contributed by atoms with Crippen molar-refractivity contribution in [1.29, 1.82) is 0 Å². The first-order valence-electron chi connectivity index (χ1n) is 10.0. The highest BCUT2D eigenvalue weighted by Gasteiger charge is 2.36. The van der Waals surface area contributed by atoms with Gasteiger partial charge in [0.05, 0.1) is 12.7 Å². The Bertz CT molecular complexity index is 1160. The summed E-state index contributed by atoms with van der Waals surface area (Å²) >= 11 is 1.18. The van der Waals surface area contributed by atoms with E-state index >= 15 is 0 Å². The minimum Gasteiger partial charge on any atom is -0.497 e. The standard InChI is InChI=1S/C22H19F3N4O3S/c1-32-16-5-2-4-14(12-16)19-27-28-21(33-19)26-18(30)17-6-3-11-29(17)20(31)13-7-9-15(10-8-13)22(23,24)25/h2,4-5,7-10,12,17H,3,6,11H2,1H3,(H,26,28,30). The zero-order valence-electron chi connectivity index (χ0n) is 17.4. The van der Waals surface area contributed by atoms with Gasteiger partial charge in [0.15, 0.2) is 0 Å². The number of hydrogen-bond acceptors (Lipinski definition) is 6. The zero-order valence-corrected chi connectivity index (χ0v) is 18.2. The molecule has 1 aliphatic rings. The molecule has 172 valence electrons. The molecular formula is C22H19F3N4O3S. The number of likely N-dealkylation sites (tertiary alicyclic amines) is 1. The molecule has 1 fully saturated rings. The van der Waals surface area contributed by atoms with Crippen molar-refractivity contribution in [3.63, 3.8) is 0 Å². The average molecular weight is 476 g/mol. The third-order valence-electron chi connectivity index (χ3n) is 5.25. The molecule has 1 aromatic heterocycles. The van der Waals surface area contributed by atoms with Crippen molar-refractivity contribution in [2.24, 2.45) is 0 Å². The van der Waals surface area contributed by atoms with E-state index in [0.717, 1.165) is 29.8 Å². The first-order valence-corrected chi connectivity index (χ1v) is 10.8. The maximum Gasteiger partial charge on any atom is 0.416 e. The molecule has 11 heteroatoms. The topological polar surface area (TPSA) is 84.4 Å². The second kappa shape index (κ2) is 9.18. The fourth-order valence-corrected chi connectivity index (χ4v) is 4.33. The summed E-state index contributed by atoms with van der Waals surface area (Å²) in [6.07, 6.45) is -3.43. The van der Waals surface area contributed by atoms with E-state index in [1.54, 1.807) is 19.2 Å². The number of rotatable bonds is 5. The van der Waals surface area contributed by atoms with Crippen molar-refractivity contribution in [3.05, 3.63) is 59.7 Å². The Balaban J connectivity index is 1.45. The van der Waals surface area contributed by atoms with Gasteiger partial charge < -0.3 is 9.64 Å². The molecule has 2 aromatic carbocycles. The largest absolute Gasteiger partial charge is 0.497 e. The van der Waals surface area contributed by atoms with Gasteiger partial charge in [0, 0.05) is 17.7 Å². The molecule has 33 heavy (non-hydrogen) atoms. The summed E-state index contributed by atoms with van der Waals surface area (Å²) in [6, 6.07) is 10.5. The van der Waals surface area contributed by atoms with Gasteiger partial charge in [0.25, 0.3) is 5.91 Å². The van der Waals surface area contributed by atoms with E-state index in [4.69, 9.17) is 4.74 Å². The van der Waals surface area contributed by atoms with E-state index in [9.17, 15) is 22.8 Å². The third-order valence-corrected chi connectivity index (χ3v) is 6.14. The van der Waals surface area contributed by atoms with E-state index < -0.39 is 29.6 Å². The Labute approximate surface area is 191 Å². The van der Waals surface area contributed by atoms with Gasteiger partial charge in [-0.05, 0) is 49.2 Å². The van der Waals surface area contributed by atoms with Crippen LogP contribution in [0.5, 0.6) is 5.75 Å². The molecule has 1 N–H and O–H groups in total. The molecule has 2 heterocycles. The van der Waals surface area contributed by atoms with Crippen LogP contribution < -0.4 is 10.1 Å². The first kappa shape index (κ1) is 22.7. The minimum atomic E-state index is -4.48. The Morgan fingerprint density at radius 1 is 1.15 bits per heavy atom. The predicted octanol–water partition coefficient (Wildman–Crippen LogP) is 4.48. The number of hydrogen-bond donors (Lipinski definition) is 1. The fraction of sp³-hybridized carbons (Fsp3) is 0.273. The number of ether oxygens (including phenoxy) is 1. The second-order valence-corrected chi connectivity index (χ2v) is 8.34. The number of aromatic nitrogens is 2. The minimum absolute atomic E-state index is 0.0962. The molecule has 1 atom stereocenters. The normalized spacial score (nSPS) is 16.0. The van der Waals surface area contributed by atoms with E-state index in [1.165, 1.54) is 16.2 Å². The smallest absolute Gasteiger partial charge is 0.416 e. The quantitative estimate of drug-likeness (QED) is 0.587. The molecule has 4 rings (SSSR count). The molecule has 1 unspecified atom stereocenters. The van der Waals surface area contributed by atoms with Crippen LogP contribution in [-0.2, 0) is 11.0 Å². The van der Waals surface area contributed by atoms with Crippen LogP contribution in [0.15, 0.2) is 48.5 Å². The van der Waals surface area contributed by atoms with Gasteiger partial charge in [-0.15, -0.1) is 10.2 Å². The number of methoxy groups -OCH3 is 1. The lowest BCUT2D eigenvalue weighted by atomic mass is 10.1. The van der Waals surface area contributed by atoms with Crippen LogP contribution in [0.25, 0.3) is 10.6 Å². The Morgan fingerprint density at radius 3 is 2.61 bits per heavy atom. The molecule has 3 aromatic rings. The number of carbonyl (C=O) groups is 2. The number of nitrogens with one attached hydrogen (secondary N) is 1. The van der Waals surface area contributed by atoms with E-state index in [-0.39, 0.29) is 10.7 Å². The fourth-order valence-electron chi connectivity index (χ4n) is 3.59. The molecule has 0 saturated carbocycles. The summed E-state index contributed by atoms with van der Waals surface area (Å²) in [4.78, 5) is 27.1. The van der Waals surface area contributed by atoms with Crippen molar-refractivity contribution in [2.45, 2.75) is 25.1 Å². The summed E-state index contributed by atoms with van der Waals surface area (Å²) in [7, 11) is 1.56. The second-order valence-electron chi connectivity index (χ2n) is 7.37. The number of anilines is 1. The highest BCUT2D eigenvalue weighted by atomic mass is 32.1. The number of carbonyl (C=O) groups excluding carboxylic acids is 2. The van der Waals surface area contributed by atoms with Gasteiger partial charge in [0.2, 0.25) is 11.0 Å². The monoisotopic (exact) mass is 476 g/mol. The highest BCUT2D eigenvalue weighted by molar-refractivity contribution is 7.18. The maximum atomic E-state index is 12.9. The molecule has 0 radical (unpaired) electrons. The molecule has 2 amide bonds. The van der Waals surface area contributed by atoms with Crippen LogP contribution in [0, 0.1) is 0 Å².